The quantitative estimate of drug-likeness (QED) is 0.130. The number of aromatic nitrogens is 3. The van der Waals surface area contributed by atoms with Crippen molar-refractivity contribution in [3.63, 3.8) is 0 Å². The van der Waals surface area contributed by atoms with E-state index >= 15 is 0 Å². The molecule has 3 aliphatic rings. The Morgan fingerprint density at radius 1 is 0.489 bits per heavy atom. The summed E-state index contributed by atoms with van der Waals surface area (Å²) < 4.78 is 17.2. The Labute approximate surface area is 253 Å². The van der Waals surface area contributed by atoms with Gasteiger partial charge in [-0.25, -0.2) is 28.1 Å². The summed E-state index contributed by atoms with van der Waals surface area (Å²) >= 11 is 0. The third kappa shape index (κ3) is 4.96. The fourth-order valence-electron chi connectivity index (χ4n) is 5.18. The summed E-state index contributed by atoms with van der Waals surface area (Å²) in [7, 11) is 0. The second-order valence-electron chi connectivity index (χ2n) is 10.3. The third-order valence-electron chi connectivity index (χ3n) is 7.83. The molecule has 1 aromatic rings. The topological polar surface area (TPSA) is 206 Å². The number of ether oxygens (including phenoxy) is 3. The van der Waals surface area contributed by atoms with Gasteiger partial charge in [0, 0.05) is 0 Å². The van der Waals surface area contributed by atoms with Crippen LogP contribution in [-0.4, -0.2) is 83.5 Å². The van der Waals surface area contributed by atoms with Gasteiger partial charge in [0.15, 0.2) is 69.8 Å². The number of nitrogens with zero attached hydrogens (tertiary/aromatic N) is 3. The number of epoxide rings is 3. The summed E-state index contributed by atoms with van der Waals surface area (Å²) in [6, 6.07) is 0. The first-order valence-corrected chi connectivity index (χ1v) is 13.2. The first-order valence-electron chi connectivity index (χ1n) is 13.2. The van der Waals surface area contributed by atoms with Gasteiger partial charge in [0.05, 0.1) is 19.6 Å². The molecule has 0 radical (unpaired) electrons. The molecule has 0 spiro atoms. The Morgan fingerprint density at radius 3 is 0.889 bits per heavy atom. The maximum absolute atomic E-state index is 13.8. The van der Waals surface area contributed by atoms with Crippen LogP contribution < -0.4 is 17.1 Å². The highest BCUT2D eigenvalue weighted by Gasteiger charge is 2.67. The lowest BCUT2D eigenvalue weighted by Crippen LogP contribution is -2.59. The third-order valence-corrected chi connectivity index (χ3v) is 7.83. The average Bonchev–Trinajstić information content (AvgIpc) is 3.98. The fourth-order valence-corrected chi connectivity index (χ4v) is 5.18. The van der Waals surface area contributed by atoms with Gasteiger partial charge in [-0.2, -0.15) is 0 Å². The lowest BCUT2D eigenvalue weighted by Gasteiger charge is -2.19. The molecule has 0 N–H and O–H groups in total. The Morgan fingerprint density at radius 2 is 0.711 bits per heavy atom. The molecule has 0 saturated carbocycles. The summed E-state index contributed by atoms with van der Waals surface area (Å²) in [4.78, 5) is 117. The monoisotopic (exact) mass is 621 g/mol. The van der Waals surface area contributed by atoms with E-state index in [1.165, 1.54) is 0 Å². The minimum Gasteiger partial charge on any atom is -0.347 e. The van der Waals surface area contributed by atoms with Crippen molar-refractivity contribution in [2.75, 3.05) is 0 Å². The van der Waals surface area contributed by atoms with Crippen molar-refractivity contribution in [3.8, 4) is 0 Å². The highest BCUT2D eigenvalue weighted by atomic mass is 16.6. The molecule has 1 aromatic heterocycles. The molecule has 6 atom stereocenters. The van der Waals surface area contributed by atoms with E-state index in [0.717, 1.165) is 36.5 Å². The fraction of sp³-hybridized carbons (Fsp3) is 0.300. The van der Waals surface area contributed by atoms with Crippen LogP contribution in [0.4, 0.5) is 0 Å². The van der Waals surface area contributed by atoms with E-state index in [0.29, 0.717) is 13.7 Å². The van der Waals surface area contributed by atoms with Gasteiger partial charge in [0.2, 0.25) is 0 Å². The zero-order chi connectivity index (χ0) is 33.6. The molecule has 15 heteroatoms. The van der Waals surface area contributed by atoms with Gasteiger partial charge in [-0.1, -0.05) is 39.5 Å². The van der Waals surface area contributed by atoms with Crippen LogP contribution in [0.25, 0.3) is 0 Å². The second kappa shape index (κ2) is 11.4. The van der Waals surface area contributed by atoms with Gasteiger partial charge >= 0.3 is 17.1 Å². The molecule has 4 rings (SSSR count). The molecule has 3 fully saturated rings. The Bertz CT molecular complexity index is 1600. The highest BCUT2D eigenvalue weighted by molar-refractivity contribution is 6.10. The van der Waals surface area contributed by atoms with Crippen molar-refractivity contribution in [1.82, 2.24) is 13.7 Å². The van der Waals surface area contributed by atoms with E-state index in [9.17, 15) is 43.2 Å². The van der Waals surface area contributed by atoms with Crippen LogP contribution in [0.1, 0.15) is 0 Å². The molecular weight excluding hydrogens is 594 g/mol. The average molecular weight is 622 g/mol. The number of rotatable bonds is 18. The second-order valence-corrected chi connectivity index (χ2v) is 10.3. The van der Waals surface area contributed by atoms with E-state index in [2.05, 4.69) is 39.5 Å². The SMILES string of the molecule is C=CC(=O)C1OC1(Cn1c(=O)n(CC2(C(=O)C=C)OC2C(=O)C=C)c(=O)n(CC2(C(=O)C=C)OC2C(=O)C=C)c1=O)C(=O)C=C. The van der Waals surface area contributed by atoms with Crippen LogP contribution in [0, 0.1) is 0 Å². The minimum atomic E-state index is -2.10. The normalized spacial score (nSPS) is 28.9. The summed E-state index contributed by atoms with van der Waals surface area (Å²) in [5.41, 5.74) is -10.5. The summed E-state index contributed by atoms with van der Waals surface area (Å²) in [5, 5.41) is 0. The summed E-state index contributed by atoms with van der Waals surface area (Å²) in [6.45, 7) is 17.3. The summed E-state index contributed by atoms with van der Waals surface area (Å²) in [5.74, 6) is -4.94. The Hall–Kier alpha value is -5.25. The van der Waals surface area contributed by atoms with Gasteiger partial charge in [0.25, 0.3) is 0 Å². The summed E-state index contributed by atoms with van der Waals surface area (Å²) in [6.07, 6.45) is 0.602. The molecule has 3 aliphatic heterocycles. The molecule has 4 heterocycles. The van der Waals surface area contributed by atoms with E-state index in [4.69, 9.17) is 14.2 Å². The first kappa shape index (κ1) is 32.7. The molecule has 0 aromatic carbocycles. The van der Waals surface area contributed by atoms with Crippen LogP contribution in [0.15, 0.2) is 90.3 Å². The van der Waals surface area contributed by atoms with Crippen LogP contribution in [0.5, 0.6) is 0 Å². The zero-order valence-corrected chi connectivity index (χ0v) is 23.8. The number of hydrogen-bond acceptors (Lipinski definition) is 12. The van der Waals surface area contributed by atoms with Crippen LogP contribution in [-0.2, 0) is 62.6 Å². The van der Waals surface area contributed by atoms with Crippen molar-refractivity contribution in [1.29, 1.82) is 0 Å². The van der Waals surface area contributed by atoms with Crippen molar-refractivity contribution in [2.45, 2.75) is 54.7 Å². The van der Waals surface area contributed by atoms with Crippen molar-refractivity contribution in [2.24, 2.45) is 0 Å². The standard InChI is InChI=1S/C30H27N3O12/c1-7-16(34)22-28(43-22,19(37)10-4)13-31-25(40)32(14-29(20(38)11-5)23(44-29)17(35)8-2)27(42)33(26(31)41)15-30(21(39)12-6)24(45-30)18(36)9-3/h7-12,22-24H,1-6,13-15H2. The predicted octanol–water partition coefficient (Wildman–Crippen LogP) is -1.88. The Balaban J connectivity index is 1.96. The maximum Gasteiger partial charge on any atom is 0.336 e. The number of carbonyl (C=O) groups excluding carboxylic acids is 6. The van der Waals surface area contributed by atoms with E-state index in [1.807, 2.05) is 0 Å². The highest BCUT2D eigenvalue weighted by Crippen LogP contribution is 2.42. The van der Waals surface area contributed by atoms with Crippen molar-refractivity contribution >= 4 is 34.7 Å². The maximum atomic E-state index is 13.8. The predicted molar refractivity (Wildman–Crippen MR) is 153 cm³/mol. The van der Waals surface area contributed by atoms with E-state index in [-0.39, 0.29) is 0 Å². The number of ketones is 6. The minimum absolute atomic E-state index is 0.372. The molecular formula is C30H27N3O12. The lowest BCUT2D eigenvalue weighted by molar-refractivity contribution is -0.120. The molecule has 0 amide bonds. The molecule has 6 unspecified atom stereocenters. The lowest BCUT2D eigenvalue weighted by atomic mass is 9.96. The zero-order valence-electron chi connectivity index (χ0n) is 23.8. The van der Waals surface area contributed by atoms with Gasteiger partial charge in [-0.15, -0.1) is 0 Å². The molecule has 234 valence electrons. The van der Waals surface area contributed by atoms with Gasteiger partial charge in [0.1, 0.15) is 0 Å². The van der Waals surface area contributed by atoms with Gasteiger partial charge in [-0.3, -0.25) is 28.8 Å². The smallest absolute Gasteiger partial charge is 0.336 e. The number of hydrogen-bond donors (Lipinski definition) is 0. The largest absolute Gasteiger partial charge is 0.347 e. The number of carbonyl (C=O) groups is 6. The van der Waals surface area contributed by atoms with Crippen LogP contribution in [0.2, 0.25) is 0 Å². The Kier molecular flexibility index (Phi) is 8.24. The van der Waals surface area contributed by atoms with E-state index in [1.54, 1.807) is 0 Å². The van der Waals surface area contributed by atoms with Gasteiger partial charge in [-0.05, 0) is 36.5 Å². The molecule has 3 saturated heterocycles. The molecule has 45 heavy (non-hydrogen) atoms. The van der Waals surface area contributed by atoms with E-state index < -0.39 is 107 Å². The van der Waals surface area contributed by atoms with Crippen LogP contribution >= 0.6 is 0 Å². The van der Waals surface area contributed by atoms with Crippen LogP contribution in [0.3, 0.4) is 0 Å². The van der Waals surface area contributed by atoms with Crippen molar-refractivity contribution < 1.29 is 43.0 Å². The van der Waals surface area contributed by atoms with Crippen molar-refractivity contribution in [3.05, 3.63) is 107 Å². The first-order chi connectivity index (χ1) is 21.2. The molecule has 0 aliphatic carbocycles. The molecule has 0 bridgehead atoms. The molecule has 15 nitrogen and oxygen atoms in total. The van der Waals surface area contributed by atoms with Gasteiger partial charge < -0.3 is 14.2 Å².